The van der Waals surface area contributed by atoms with Crippen molar-refractivity contribution in [2.24, 2.45) is 5.92 Å². The molecule has 120 valence electrons. The van der Waals surface area contributed by atoms with Crippen molar-refractivity contribution < 1.29 is 22.8 Å². The minimum atomic E-state index is -4.22. The summed E-state index contributed by atoms with van der Waals surface area (Å²) in [6.07, 6.45) is -2.31. The summed E-state index contributed by atoms with van der Waals surface area (Å²) in [5.74, 6) is -0.319. The van der Waals surface area contributed by atoms with Crippen LogP contribution in [-0.2, 0) is 9.59 Å². The smallest absolute Gasteiger partial charge is 0.342 e. The Morgan fingerprint density at radius 2 is 1.95 bits per heavy atom. The Bertz CT molecular complexity index is 408. The molecule has 0 aromatic carbocycles. The van der Waals surface area contributed by atoms with Gasteiger partial charge in [0, 0.05) is 13.0 Å². The van der Waals surface area contributed by atoms with Gasteiger partial charge in [-0.05, 0) is 31.6 Å². The van der Waals surface area contributed by atoms with E-state index in [4.69, 9.17) is 0 Å². The molecule has 2 atom stereocenters. The number of amides is 2. The number of nitrogens with zero attached hydrogens (tertiary/aromatic N) is 1. The van der Waals surface area contributed by atoms with Gasteiger partial charge in [-0.15, -0.1) is 0 Å². The fraction of sp³-hybridized carbons (Fsp3) is 0.857. The number of alkyl halides is 3. The summed E-state index contributed by atoms with van der Waals surface area (Å²) in [5.41, 5.74) is 0. The largest absolute Gasteiger partial charge is 0.389 e. The van der Waals surface area contributed by atoms with Crippen LogP contribution in [0, 0.1) is 5.92 Å². The molecule has 2 fully saturated rings. The van der Waals surface area contributed by atoms with Crippen LogP contribution in [0.5, 0.6) is 0 Å². The van der Waals surface area contributed by atoms with Crippen molar-refractivity contribution in [1.29, 1.82) is 0 Å². The minimum absolute atomic E-state index is 0.00709. The quantitative estimate of drug-likeness (QED) is 0.818. The van der Waals surface area contributed by atoms with Gasteiger partial charge >= 0.3 is 6.18 Å². The average Bonchev–Trinajstić information content (AvgIpc) is 3.18. The second-order valence-electron chi connectivity index (χ2n) is 5.88. The summed E-state index contributed by atoms with van der Waals surface area (Å²) in [7, 11) is 0. The van der Waals surface area contributed by atoms with Gasteiger partial charge in [0.2, 0.25) is 11.8 Å². The fourth-order valence-corrected chi connectivity index (χ4v) is 2.86. The molecule has 2 rings (SSSR count). The van der Waals surface area contributed by atoms with Crippen molar-refractivity contribution >= 4 is 11.8 Å². The molecule has 1 saturated carbocycles. The lowest BCUT2D eigenvalue weighted by atomic mass is 10.00. The van der Waals surface area contributed by atoms with E-state index < -0.39 is 24.7 Å². The van der Waals surface area contributed by atoms with E-state index in [0.717, 1.165) is 19.3 Å². The molecule has 2 amide bonds. The number of piperazine rings is 1. The molecular formula is C14H21F3N2O2. The average molecular weight is 306 g/mol. The highest BCUT2D eigenvalue weighted by molar-refractivity contribution is 5.97. The van der Waals surface area contributed by atoms with E-state index in [9.17, 15) is 22.8 Å². The first-order valence-electron chi connectivity index (χ1n) is 7.51. The summed E-state index contributed by atoms with van der Waals surface area (Å²) in [6.45, 7) is 1.91. The highest BCUT2D eigenvalue weighted by Gasteiger charge is 2.47. The van der Waals surface area contributed by atoms with E-state index in [2.05, 4.69) is 5.32 Å². The van der Waals surface area contributed by atoms with Crippen molar-refractivity contribution in [2.45, 2.75) is 63.7 Å². The Labute approximate surface area is 122 Å². The summed E-state index contributed by atoms with van der Waals surface area (Å²) < 4.78 is 36.8. The minimum Gasteiger partial charge on any atom is -0.342 e. The number of hydrogen-bond acceptors (Lipinski definition) is 2. The van der Waals surface area contributed by atoms with Crippen LogP contribution in [-0.4, -0.2) is 41.5 Å². The highest BCUT2D eigenvalue weighted by Crippen LogP contribution is 2.37. The van der Waals surface area contributed by atoms with Crippen molar-refractivity contribution in [3.63, 3.8) is 0 Å². The standard InChI is InChI=1S/C14H21F3N2O2/c1-2-4-10-13(21)19(8-3-7-14(15,16)17)11(9-5-6-9)12(20)18-10/h9-11H,2-8H2,1H3,(H,18,20). The van der Waals surface area contributed by atoms with Crippen molar-refractivity contribution in [1.82, 2.24) is 10.2 Å². The van der Waals surface area contributed by atoms with E-state index >= 15 is 0 Å². The molecule has 0 aromatic heterocycles. The Hall–Kier alpha value is -1.27. The summed E-state index contributed by atoms with van der Waals surface area (Å²) in [6, 6.07) is -1.15. The first kappa shape index (κ1) is 16.1. The van der Waals surface area contributed by atoms with E-state index in [1.165, 1.54) is 4.90 Å². The van der Waals surface area contributed by atoms with Gasteiger partial charge in [-0.2, -0.15) is 13.2 Å². The third-order valence-corrected chi connectivity index (χ3v) is 4.01. The molecule has 21 heavy (non-hydrogen) atoms. The molecule has 0 aromatic rings. The molecule has 4 nitrogen and oxygen atoms in total. The zero-order valence-corrected chi connectivity index (χ0v) is 12.1. The molecule has 0 spiro atoms. The topological polar surface area (TPSA) is 49.4 Å². The van der Waals surface area contributed by atoms with Crippen LogP contribution in [0.4, 0.5) is 13.2 Å². The number of nitrogens with one attached hydrogen (secondary N) is 1. The second kappa shape index (κ2) is 6.23. The lowest BCUT2D eigenvalue weighted by molar-refractivity contribution is -0.153. The molecule has 1 N–H and O–H groups in total. The molecule has 1 aliphatic heterocycles. The van der Waals surface area contributed by atoms with Gasteiger partial charge in [-0.25, -0.2) is 0 Å². The first-order chi connectivity index (χ1) is 9.83. The highest BCUT2D eigenvalue weighted by atomic mass is 19.4. The Morgan fingerprint density at radius 1 is 1.29 bits per heavy atom. The number of rotatable bonds is 6. The summed E-state index contributed by atoms with van der Waals surface area (Å²) >= 11 is 0. The Morgan fingerprint density at radius 3 is 2.48 bits per heavy atom. The molecule has 0 radical (unpaired) electrons. The maximum absolute atomic E-state index is 12.4. The molecule has 0 bridgehead atoms. The summed E-state index contributed by atoms with van der Waals surface area (Å²) in [4.78, 5) is 25.9. The SMILES string of the molecule is CCCC1NC(=O)C(C2CC2)N(CCCC(F)(F)F)C1=O. The van der Waals surface area contributed by atoms with Crippen LogP contribution >= 0.6 is 0 Å². The third kappa shape index (κ3) is 4.11. The van der Waals surface area contributed by atoms with Crippen molar-refractivity contribution in [2.75, 3.05) is 6.54 Å². The van der Waals surface area contributed by atoms with Crippen LogP contribution < -0.4 is 5.32 Å². The van der Waals surface area contributed by atoms with Crippen LogP contribution in [0.25, 0.3) is 0 Å². The maximum Gasteiger partial charge on any atom is 0.389 e. The maximum atomic E-state index is 12.4. The number of hydrogen-bond donors (Lipinski definition) is 1. The van der Waals surface area contributed by atoms with Crippen LogP contribution in [0.2, 0.25) is 0 Å². The molecule has 1 aliphatic carbocycles. The molecule has 2 aliphatic rings. The van der Waals surface area contributed by atoms with Crippen LogP contribution in [0.1, 0.15) is 45.4 Å². The van der Waals surface area contributed by atoms with E-state index in [0.29, 0.717) is 6.42 Å². The Balaban J connectivity index is 2.03. The molecular weight excluding hydrogens is 285 g/mol. The van der Waals surface area contributed by atoms with Crippen LogP contribution in [0.15, 0.2) is 0 Å². The van der Waals surface area contributed by atoms with Gasteiger partial charge in [0.25, 0.3) is 0 Å². The fourth-order valence-electron chi connectivity index (χ4n) is 2.86. The predicted octanol–water partition coefficient (Wildman–Crippen LogP) is 2.23. The van der Waals surface area contributed by atoms with E-state index in [1.807, 2.05) is 6.92 Å². The van der Waals surface area contributed by atoms with Gasteiger partial charge < -0.3 is 10.2 Å². The predicted molar refractivity (Wildman–Crippen MR) is 70.4 cm³/mol. The van der Waals surface area contributed by atoms with Crippen molar-refractivity contribution in [3.05, 3.63) is 0 Å². The molecule has 7 heteroatoms. The van der Waals surface area contributed by atoms with Gasteiger partial charge in [0.05, 0.1) is 0 Å². The van der Waals surface area contributed by atoms with Gasteiger partial charge in [0.15, 0.2) is 0 Å². The Kier molecular flexibility index (Phi) is 4.78. The zero-order chi connectivity index (χ0) is 15.6. The van der Waals surface area contributed by atoms with Gasteiger partial charge in [0.1, 0.15) is 12.1 Å². The van der Waals surface area contributed by atoms with Crippen LogP contribution in [0.3, 0.4) is 0 Å². The lowest BCUT2D eigenvalue weighted by Crippen LogP contribution is -2.64. The third-order valence-electron chi connectivity index (χ3n) is 4.01. The first-order valence-corrected chi connectivity index (χ1v) is 7.51. The lowest BCUT2D eigenvalue weighted by Gasteiger charge is -2.39. The zero-order valence-electron chi connectivity index (χ0n) is 12.1. The van der Waals surface area contributed by atoms with E-state index in [1.54, 1.807) is 0 Å². The summed E-state index contributed by atoms with van der Waals surface area (Å²) in [5, 5.41) is 2.72. The molecule has 2 unspecified atom stereocenters. The number of halogens is 3. The van der Waals surface area contributed by atoms with E-state index in [-0.39, 0.29) is 30.7 Å². The second-order valence-corrected chi connectivity index (χ2v) is 5.88. The van der Waals surface area contributed by atoms with Gasteiger partial charge in [-0.3, -0.25) is 9.59 Å². The molecule has 1 saturated heterocycles. The number of carbonyl (C=O) groups is 2. The van der Waals surface area contributed by atoms with Gasteiger partial charge in [-0.1, -0.05) is 13.3 Å². The van der Waals surface area contributed by atoms with Crippen molar-refractivity contribution in [3.8, 4) is 0 Å². The monoisotopic (exact) mass is 306 g/mol. The normalized spacial score (nSPS) is 27.0. The molecule has 1 heterocycles. The number of carbonyl (C=O) groups excluding carboxylic acids is 2.